The Balaban J connectivity index is 2.39. The van der Waals surface area contributed by atoms with E-state index in [-0.39, 0.29) is 5.82 Å². The molecule has 0 radical (unpaired) electrons. The van der Waals surface area contributed by atoms with Crippen LogP contribution < -0.4 is 0 Å². The van der Waals surface area contributed by atoms with Crippen molar-refractivity contribution >= 4 is 0 Å². The van der Waals surface area contributed by atoms with Gasteiger partial charge < -0.3 is 5.11 Å². The van der Waals surface area contributed by atoms with E-state index in [2.05, 4.69) is 0 Å². The van der Waals surface area contributed by atoms with Gasteiger partial charge in [0, 0.05) is 12.0 Å². The Bertz CT molecular complexity index is 550. The summed E-state index contributed by atoms with van der Waals surface area (Å²) in [4.78, 5) is 0. The second-order valence-electron chi connectivity index (χ2n) is 5.03. The van der Waals surface area contributed by atoms with Crippen LogP contribution in [0.2, 0.25) is 0 Å². The van der Waals surface area contributed by atoms with Gasteiger partial charge in [0.1, 0.15) is 5.82 Å². The maximum Gasteiger partial charge on any atom is 0.129 e. The summed E-state index contributed by atoms with van der Waals surface area (Å²) in [5, 5.41) is 10.8. The normalized spacial score (nSPS) is 14.1. The first-order chi connectivity index (χ1) is 9.05. The van der Waals surface area contributed by atoms with E-state index in [9.17, 15) is 9.50 Å². The lowest BCUT2D eigenvalue weighted by Crippen LogP contribution is -2.29. The number of aliphatic hydroxyl groups is 1. The SMILES string of the molecule is CCC(O)(Cc1ccccc1)c1cc(C)ccc1F. The first-order valence-electron chi connectivity index (χ1n) is 6.58. The molecule has 1 nitrogen and oxygen atoms in total. The molecule has 0 fully saturated rings. The zero-order valence-corrected chi connectivity index (χ0v) is 11.4. The number of hydrogen-bond donors (Lipinski definition) is 1. The maximum atomic E-state index is 14.0. The highest BCUT2D eigenvalue weighted by molar-refractivity contribution is 5.31. The molecular weight excluding hydrogens is 239 g/mol. The maximum absolute atomic E-state index is 14.0. The van der Waals surface area contributed by atoms with Gasteiger partial charge in [-0.3, -0.25) is 0 Å². The van der Waals surface area contributed by atoms with Crippen LogP contribution in [0.5, 0.6) is 0 Å². The van der Waals surface area contributed by atoms with E-state index >= 15 is 0 Å². The molecule has 2 heteroatoms. The summed E-state index contributed by atoms with van der Waals surface area (Å²) in [6.07, 6.45) is 0.896. The predicted molar refractivity (Wildman–Crippen MR) is 75.5 cm³/mol. The van der Waals surface area contributed by atoms with Crippen LogP contribution in [0, 0.1) is 12.7 Å². The zero-order chi connectivity index (χ0) is 13.9. The highest BCUT2D eigenvalue weighted by Crippen LogP contribution is 2.31. The Labute approximate surface area is 113 Å². The molecule has 0 saturated carbocycles. The number of aryl methyl sites for hydroxylation is 1. The molecule has 1 atom stereocenters. The molecule has 2 rings (SSSR count). The Morgan fingerprint density at radius 1 is 1.11 bits per heavy atom. The molecular formula is C17H19FO. The second-order valence-corrected chi connectivity index (χ2v) is 5.03. The molecule has 0 aromatic heterocycles. The average molecular weight is 258 g/mol. The molecule has 0 aliphatic heterocycles. The monoisotopic (exact) mass is 258 g/mol. The molecule has 1 unspecified atom stereocenters. The molecule has 0 aliphatic carbocycles. The molecule has 2 aromatic carbocycles. The molecule has 2 aromatic rings. The van der Waals surface area contributed by atoms with E-state index in [1.807, 2.05) is 44.2 Å². The van der Waals surface area contributed by atoms with Gasteiger partial charge in [0.05, 0.1) is 5.60 Å². The third-order valence-corrected chi connectivity index (χ3v) is 3.55. The van der Waals surface area contributed by atoms with Crippen molar-refractivity contribution in [2.45, 2.75) is 32.3 Å². The summed E-state index contributed by atoms with van der Waals surface area (Å²) >= 11 is 0. The summed E-state index contributed by atoms with van der Waals surface area (Å²) < 4.78 is 14.0. The van der Waals surface area contributed by atoms with Crippen molar-refractivity contribution in [3.05, 3.63) is 71.0 Å². The molecule has 19 heavy (non-hydrogen) atoms. The van der Waals surface area contributed by atoms with Crippen molar-refractivity contribution in [1.82, 2.24) is 0 Å². The smallest absolute Gasteiger partial charge is 0.129 e. The Morgan fingerprint density at radius 2 is 1.79 bits per heavy atom. The van der Waals surface area contributed by atoms with Crippen molar-refractivity contribution < 1.29 is 9.50 Å². The van der Waals surface area contributed by atoms with Crippen LogP contribution in [0.1, 0.15) is 30.0 Å². The second kappa shape index (κ2) is 5.54. The number of benzene rings is 2. The van der Waals surface area contributed by atoms with Crippen LogP contribution in [-0.2, 0) is 12.0 Å². The standard InChI is InChI=1S/C17H19FO/c1-3-17(19,12-14-7-5-4-6-8-14)15-11-13(2)9-10-16(15)18/h4-11,19H,3,12H2,1-2H3. The first kappa shape index (κ1) is 13.8. The van der Waals surface area contributed by atoms with Crippen molar-refractivity contribution in [1.29, 1.82) is 0 Å². The molecule has 0 bridgehead atoms. The Hall–Kier alpha value is -1.67. The summed E-state index contributed by atoms with van der Waals surface area (Å²) in [5.74, 6) is -0.342. The molecule has 0 amide bonds. The van der Waals surface area contributed by atoms with Crippen LogP contribution in [0.4, 0.5) is 4.39 Å². The van der Waals surface area contributed by atoms with Gasteiger partial charge in [0.25, 0.3) is 0 Å². The fraction of sp³-hybridized carbons (Fsp3) is 0.294. The largest absolute Gasteiger partial charge is 0.385 e. The van der Waals surface area contributed by atoms with E-state index in [0.717, 1.165) is 11.1 Å². The minimum absolute atomic E-state index is 0.342. The summed E-state index contributed by atoms with van der Waals surface area (Å²) in [6.45, 7) is 3.78. The van der Waals surface area contributed by atoms with E-state index in [1.165, 1.54) is 6.07 Å². The lowest BCUT2D eigenvalue weighted by molar-refractivity contribution is 0.0291. The fourth-order valence-electron chi connectivity index (χ4n) is 2.34. The summed E-state index contributed by atoms with van der Waals surface area (Å²) in [7, 11) is 0. The molecule has 0 aliphatic rings. The van der Waals surface area contributed by atoms with Crippen LogP contribution in [0.15, 0.2) is 48.5 Å². The van der Waals surface area contributed by atoms with Crippen molar-refractivity contribution in [3.8, 4) is 0 Å². The van der Waals surface area contributed by atoms with E-state index in [1.54, 1.807) is 12.1 Å². The molecule has 1 N–H and O–H groups in total. The zero-order valence-electron chi connectivity index (χ0n) is 11.4. The van der Waals surface area contributed by atoms with Gasteiger partial charge in [-0.05, 0) is 25.0 Å². The lowest BCUT2D eigenvalue weighted by Gasteiger charge is -2.28. The van der Waals surface area contributed by atoms with Crippen LogP contribution in [0.25, 0.3) is 0 Å². The summed E-state index contributed by atoms with van der Waals surface area (Å²) in [5.41, 5.74) is 1.19. The molecule has 0 saturated heterocycles. The third kappa shape index (κ3) is 3.02. The van der Waals surface area contributed by atoms with E-state index in [4.69, 9.17) is 0 Å². The Kier molecular flexibility index (Phi) is 4.01. The van der Waals surface area contributed by atoms with Gasteiger partial charge >= 0.3 is 0 Å². The van der Waals surface area contributed by atoms with Gasteiger partial charge in [0.15, 0.2) is 0 Å². The van der Waals surface area contributed by atoms with Crippen molar-refractivity contribution in [3.63, 3.8) is 0 Å². The summed E-state index contributed by atoms with van der Waals surface area (Å²) in [6, 6.07) is 14.6. The van der Waals surface area contributed by atoms with Gasteiger partial charge in [-0.15, -0.1) is 0 Å². The number of halogens is 1. The van der Waals surface area contributed by atoms with Gasteiger partial charge in [-0.25, -0.2) is 4.39 Å². The van der Waals surface area contributed by atoms with Gasteiger partial charge in [-0.1, -0.05) is 55.0 Å². The highest BCUT2D eigenvalue weighted by atomic mass is 19.1. The lowest BCUT2D eigenvalue weighted by atomic mass is 9.84. The molecule has 100 valence electrons. The van der Waals surface area contributed by atoms with Crippen LogP contribution in [-0.4, -0.2) is 5.11 Å². The van der Waals surface area contributed by atoms with Crippen molar-refractivity contribution in [2.24, 2.45) is 0 Å². The first-order valence-corrected chi connectivity index (χ1v) is 6.58. The Morgan fingerprint density at radius 3 is 2.42 bits per heavy atom. The number of hydrogen-bond acceptors (Lipinski definition) is 1. The van der Waals surface area contributed by atoms with Crippen molar-refractivity contribution in [2.75, 3.05) is 0 Å². The quantitative estimate of drug-likeness (QED) is 0.879. The minimum atomic E-state index is -1.16. The predicted octanol–water partition coefficient (Wildman–Crippen LogP) is 3.97. The molecule has 0 heterocycles. The number of rotatable bonds is 4. The topological polar surface area (TPSA) is 20.2 Å². The van der Waals surface area contributed by atoms with Crippen LogP contribution >= 0.6 is 0 Å². The minimum Gasteiger partial charge on any atom is -0.385 e. The third-order valence-electron chi connectivity index (χ3n) is 3.55. The van der Waals surface area contributed by atoms with Crippen LogP contribution in [0.3, 0.4) is 0 Å². The van der Waals surface area contributed by atoms with Gasteiger partial charge in [-0.2, -0.15) is 0 Å². The average Bonchev–Trinajstić information content (AvgIpc) is 2.42. The fourth-order valence-corrected chi connectivity index (χ4v) is 2.34. The van der Waals surface area contributed by atoms with E-state index < -0.39 is 5.60 Å². The van der Waals surface area contributed by atoms with Gasteiger partial charge in [0.2, 0.25) is 0 Å². The molecule has 0 spiro atoms. The van der Waals surface area contributed by atoms with E-state index in [0.29, 0.717) is 18.4 Å². The highest BCUT2D eigenvalue weighted by Gasteiger charge is 2.30.